The summed E-state index contributed by atoms with van der Waals surface area (Å²) in [6, 6.07) is 12.1. The molecule has 0 heterocycles. The molecule has 0 aliphatic carbocycles. The van der Waals surface area contributed by atoms with Crippen molar-refractivity contribution in [3.8, 4) is 5.75 Å². The first-order valence-corrected chi connectivity index (χ1v) is 9.02. The molecule has 0 fully saturated rings. The van der Waals surface area contributed by atoms with E-state index < -0.39 is 0 Å². The number of carbonyl (C=O) groups is 2. The lowest BCUT2D eigenvalue weighted by molar-refractivity contribution is -0.114. The molecule has 2 aromatic carbocycles. The van der Waals surface area contributed by atoms with Crippen LogP contribution in [0, 0.1) is 6.92 Å². The molecule has 0 aliphatic heterocycles. The summed E-state index contributed by atoms with van der Waals surface area (Å²) in [4.78, 5) is 23.6. The van der Waals surface area contributed by atoms with Gasteiger partial charge in [-0.15, -0.1) is 0 Å². The van der Waals surface area contributed by atoms with Crippen LogP contribution in [0.15, 0.2) is 42.5 Å². The highest BCUT2D eigenvalue weighted by Crippen LogP contribution is 2.20. The molecular formula is C20H23N3O4S. The SMILES string of the molecule is COCCOc1ccc(C(=O)NC(=S)Nc2ccc(C)c(NC(C)=O)c2)cc1. The highest BCUT2D eigenvalue weighted by molar-refractivity contribution is 7.80. The molecule has 7 nitrogen and oxygen atoms in total. The highest BCUT2D eigenvalue weighted by Gasteiger charge is 2.09. The van der Waals surface area contributed by atoms with E-state index >= 15 is 0 Å². The zero-order chi connectivity index (χ0) is 20.5. The maximum absolute atomic E-state index is 12.3. The van der Waals surface area contributed by atoms with Crippen molar-refractivity contribution in [3.05, 3.63) is 53.6 Å². The van der Waals surface area contributed by atoms with Crippen molar-refractivity contribution in [2.75, 3.05) is 31.0 Å². The first-order valence-electron chi connectivity index (χ1n) is 8.61. The maximum atomic E-state index is 12.3. The number of ether oxygens (including phenoxy) is 2. The van der Waals surface area contributed by atoms with Crippen LogP contribution < -0.4 is 20.7 Å². The van der Waals surface area contributed by atoms with Crippen molar-refractivity contribution in [1.29, 1.82) is 0 Å². The molecule has 0 atom stereocenters. The number of carbonyl (C=O) groups excluding carboxylic acids is 2. The summed E-state index contributed by atoms with van der Waals surface area (Å²) in [5.74, 6) is 0.153. The van der Waals surface area contributed by atoms with Gasteiger partial charge in [0, 0.05) is 31.0 Å². The number of anilines is 2. The second kappa shape index (κ2) is 10.4. The molecule has 0 saturated heterocycles. The van der Waals surface area contributed by atoms with E-state index in [-0.39, 0.29) is 16.9 Å². The number of thiocarbonyl (C=S) groups is 1. The van der Waals surface area contributed by atoms with Gasteiger partial charge in [-0.05, 0) is 61.1 Å². The lowest BCUT2D eigenvalue weighted by Gasteiger charge is -2.13. The van der Waals surface area contributed by atoms with Crippen molar-refractivity contribution in [1.82, 2.24) is 5.32 Å². The molecule has 8 heteroatoms. The van der Waals surface area contributed by atoms with Crippen LogP contribution in [-0.4, -0.2) is 37.3 Å². The zero-order valence-electron chi connectivity index (χ0n) is 16.0. The number of benzene rings is 2. The smallest absolute Gasteiger partial charge is 0.257 e. The standard InChI is InChI=1S/C20H23N3O4S/c1-13-4-7-16(12-18(13)21-14(2)24)22-20(28)23-19(25)15-5-8-17(9-6-15)27-11-10-26-3/h4-9,12H,10-11H2,1-3H3,(H,21,24)(H2,22,23,25,28). The molecule has 0 spiro atoms. The Bertz CT molecular complexity index is 853. The second-order valence-corrected chi connectivity index (χ2v) is 6.39. The van der Waals surface area contributed by atoms with Crippen molar-refractivity contribution in [2.24, 2.45) is 0 Å². The lowest BCUT2D eigenvalue weighted by Crippen LogP contribution is -2.34. The topological polar surface area (TPSA) is 88.7 Å². The average Bonchev–Trinajstić information content (AvgIpc) is 2.64. The van der Waals surface area contributed by atoms with Crippen LogP contribution in [0.1, 0.15) is 22.8 Å². The quantitative estimate of drug-likeness (QED) is 0.488. The largest absolute Gasteiger partial charge is 0.491 e. The molecular weight excluding hydrogens is 378 g/mol. The van der Waals surface area contributed by atoms with Gasteiger partial charge in [0.15, 0.2) is 5.11 Å². The minimum absolute atomic E-state index is 0.156. The molecule has 0 bridgehead atoms. The third kappa shape index (κ3) is 6.64. The highest BCUT2D eigenvalue weighted by atomic mass is 32.1. The molecule has 0 saturated carbocycles. The van der Waals surface area contributed by atoms with Crippen LogP contribution in [0.25, 0.3) is 0 Å². The summed E-state index contributed by atoms with van der Waals surface area (Å²) < 4.78 is 10.4. The Hall–Kier alpha value is -2.97. The van der Waals surface area contributed by atoms with Crippen LogP contribution in [0.2, 0.25) is 0 Å². The van der Waals surface area contributed by atoms with Gasteiger partial charge in [-0.3, -0.25) is 14.9 Å². The van der Waals surface area contributed by atoms with Gasteiger partial charge in [0.1, 0.15) is 12.4 Å². The Morgan fingerprint density at radius 3 is 2.39 bits per heavy atom. The molecule has 2 rings (SSSR count). The van der Waals surface area contributed by atoms with Crippen molar-refractivity contribution < 1.29 is 19.1 Å². The van der Waals surface area contributed by atoms with Crippen LogP contribution in [0.3, 0.4) is 0 Å². The first-order chi connectivity index (χ1) is 13.4. The fraction of sp³-hybridized carbons (Fsp3) is 0.250. The normalized spacial score (nSPS) is 10.1. The van der Waals surface area contributed by atoms with E-state index in [9.17, 15) is 9.59 Å². The number of nitrogens with one attached hydrogen (secondary N) is 3. The summed E-state index contributed by atoms with van der Waals surface area (Å²) in [5.41, 5.74) is 2.70. The molecule has 2 aromatic rings. The Morgan fingerprint density at radius 2 is 1.75 bits per heavy atom. The summed E-state index contributed by atoms with van der Waals surface area (Å²) >= 11 is 5.20. The fourth-order valence-corrected chi connectivity index (χ4v) is 2.52. The molecule has 0 radical (unpaired) electrons. The molecule has 28 heavy (non-hydrogen) atoms. The molecule has 0 aromatic heterocycles. The van der Waals surface area contributed by atoms with Gasteiger partial charge in [-0.2, -0.15) is 0 Å². The average molecular weight is 401 g/mol. The van der Waals surface area contributed by atoms with Gasteiger partial charge < -0.3 is 20.1 Å². The van der Waals surface area contributed by atoms with E-state index in [1.807, 2.05) is 19.1 Å². The second-order valence-electron chi connectivity index (χ2n) is 5.98. The number of aryl methyl sites for hydroxylation is 1. The summed E-state index contributed by atoms with van der Waals surface area (Å²) in [7, 11) is 1.60. The molecule has 3 N–H and O–H groups in total. The number of methoxy groups -OCH3 is 1. The van der Waals surface area contributed by atoms with E-state index in [4.69, 9.17) is 21.7 Å². The third-order valence-corrected chi connectivity index (χ3v) is 3.91. The van der Waals surface area contributed by atoms with Crippen LogP contribution in [0.4, 0.5) is 11.4 Å². The summed E-state index contributed by atoms with van der Waals surface area (Å²) in [6.07, 6.45) is 0. The summed E-state index contributed by atoms with van der Waals surface area (Å²) in [6.45, 7) is 4.26. The van der Waals surface area contributed by atoms with E-state index in [1.165, 1.54) is 6.92 Å². The Kier molecular flexibility index (Phi) is 7.91. The van der Waals surface area contributed by atoms with Crippen LogP contribution in [-0.2, 0) is 9.53 Å². The van der Waals surface area contributed by atoms with Gasteiger partial charge >= 0.3 is 0 Å². The van der Waals surface area contributed by atoms with E-state index in [0.717, 1.165) is 5.56 Å². The Balaban J connectivity index is 1.93. The maximum Gasteiger partial charge on any atom is 0.257 e. The van der Waals surface area contributed by atoms with E-state index in [2.05, 4.69) is 16.0 Å². The van der Waals surface area contributed by atoms with Crippen molar-refractivity contribution >= 4 is 40.5 Å². The lowest BCUT2D eigenvalue weighted by atomic mass is 10.2. The van der Waals surface area contributed by atoms with Crippen molar-refractivity contribution in [2.45, 2.75) is 13.8 Å². The van der Waals surface area contributed by atoms with E-state index in [1.54, 1.807) is 37.4 Å². The van der Waals surface area contributed by atoms with Gasteiger partial charge in [0.05, 0.1) is 6.61 Å². The first kappa shape index (κ1) is 21.3. The van der Waals surface area contributed by atoms with Gasteiger partial charge in [-0.1, -0.05) is 6.07 Å². The number of hydrogen-bond acceptors (Lipinski definition) is 5. The molecule has 148 valence electrons. The minimum Gasteiger partial charge on any atom is -0.491 e. The predicted octanol–water partition coefficient (Wildman–Crippen LogP) is 3.11. The van der Waals surface area contributed by atoms with Gasteiger partial charge in [0.25, 0.3) is 5.91 Å². The molecule has 2 amide bonds. The summed E-state index contributed by atoms with van der Waals surface area (Å²) in [5, 5.41) is 8.47. The Labute approximate surface area is 169 Å². The number of hydrogen-bond donors (Lipinski definition) is 3. The van der Waals surface area contributed by atoms with Crippen LogP contribution in [0.5, 0.6) is 5.75 Å². The monoisotopic (exact) mass is 401 g/mol. The Morgan fingerprint density at radius 1 is 1.04 bits per heavy atom. The van der Waals surface area contributed by atoms with Gasteiger partial charge in [0.2, 0.25) is 5.91 Å². The van der Waals surface area contributed by atoms with Crippen LogP contribution >= 0.6 is 12.2 Å². The predicted molar refractivity (Wildman–Crippen MR) is 113 cm³/mol. The van der Waals surface area contributed by atoms with Gasteiger partial charge in [-0.25, -0.2) is 0 Å². The zero-order valence-corrected chi connectivity index (χ0v) is 16.8. The molecule has 0 aliphatic rings. The fourth-order valence-electron chi connectivity index (χ4n) is 2.31. The van der Waals surface area contributed by atoms with Crippen molar-refractivity contribution in [3.63, 3.8) is 0 Å². The third-order valence-electron chi connectivity index (χ3n) is 3.71. The van der Waals surface area contributed by atoms with E-state index in [0.29, 0.717) is 35.9 Å². The molecule has 0 unspecified atom stereocenters. The minimum atomic E-state index is -0.338. The number of rotatable bonds is 7. The number of amides is 2.